The molecule has 4 N–H and O–H groups in total. The highest BCUT2D eigenvalue weighted by Crippen LogP contribution is 2.30. The standard InChI is InChI=1S/C24H32N4O6S/c1-16(2)33-22-5-3-17(13-23(22)32-12-11-29)15-28-9-7-18(8-10-28)26-24-27-20-14-19(35(25,30)31)4-6-21(20)34-24/h3-6,13-14,16,18,29H,7-12,15H2,1-2H3,(H,26,27)(H2,25,30,31). The molecule has 35 heavy (non-hydrogen) atoms. The summed E-state index contributed by atoms with van der Waals surface area (Å²) in [6.07, 6.45) is 1.84. The minimum absolute atomic E-state index is 0.00637. The van der Waals surface area contributed by atoms with Crippen LogP contribution in [-0.4, -0.2) is 61.9 Å². The fraction of sp³-hybridized carbons (Fsp3) is 0.458. The van der Waals surface area contributed by atoms with E-state index in [1.807, 2.05) is 32.0 Å². The number of likely N-dealkylation sites (tertiary alicyclic amines) is 1. The van der Waals surface area contributed by atoms with Gasteiger partial charge in [-0.15, -0.1) is 0 Å². The maximum Gasteiger partial charge on any atom is 0.295 e. The Labute approximate surface area is 205 Å². The molecule has 0 saturated carbocycles. The summed E-state index contributed by atoms with van der Waals surface area (Å²) >= 11 is 0. The van der Waals surface area contributed by atoms with E-state index in [-0.39, 0.29) is 30.3 Å². The van der Waals surface area contributed by atoms with E-state index in [2.05, 4.69) is 15.2 Å². The summed E-state index contributed by atoms with van der Waals surface area (Å²) in [6.45, 7) is 6.65. The number of aliphatic hydroxyl groups excluding tert-OH is 1. The Hall–Kier alpha value is -2.86. The topological polar surface area (TPSA) is 140 Å². The molecular formula is C24H32N4O6S. The third-order valence-corrected chi connectivity index (χ3v) is 6.64. The summed E-state index contributed by atoms with van der Waals surface area (Å²) in [6, 6.07) is 10.9. The highest BCUT2D eigenvalue weighted by molar-refractivity contribution is 7.89. The van der Waals surface area contributed by atoms with E-state index in [9.17, 15) is 8.42 Å². The van der Waals surface area contributed by atoms with Crippen LogP contribution in [0.1, 0.15) is 32.3 Å². The van der Waals surface area contributed by atoms with E-state index in [0.29, 0.717) is 28.6 Å². The predicted molar refractivity (Wildman–Crippen MR) is 132 cm³/mol. The van der Waals surface area contributed by atoms with Gasteiger partial charge in [-0.1, -0.05) is 6.07 Å². The van der Waals surface area contributed by atoms with Gasteiger partial charge in [0.15, 0.2) is 17.1 Å². The van der Waals surface area contributed by atoms with Gasteiger partial charge in [-0.05, 0) is 62.6 Å². The third-order valence-electron chi connectivity index (χ3n) is 5.73. The molecule has 0 radical (unpaired) electrons. The second-order valence-corrected chi connectivity index (χ2v) is 10.5. The Bertz CT molecular complexity index is 1250. The van der Waals surface area contributed by atoms with Gasteiger partial charge in [-0.25, -0.2) is 13.6 Å². The molecule has 0 bridgehead atoms. The number of oxazole rings is 1. The fourth-order valence-corrected chi connectivity index (χ4v) is 4.62. The Kier molecular flexibility index (Phi) is 7.80. The molecule has 4 rings (SSSR count). The minimum Gasteiger partial charge on any atom is -0.487 e. The number of piperidine rings is 1. The van der Waals surface area contributed by atoms with Crippen molar-refractivity contribution in [2.24, 2.45) is 5.14 Å². The van der Waals surface area contributed by atoms with Crippen molar-refractivity contribution < 1.29 is 27.4 Å². The van der Waals surface area contributed by atoms with Crippen LogP contribution in [0.3, 0.4) is 0 Å². The summed E-state index contributed by atoms with van der Waals surface area (Å²) in [5.41, 5.74) is 2.06. The molecule has 0 aliphatic carbocycles. The Morgan fingerprint density at radius 1 is 1.20 bits per heavy atom. The van der Waals surface area contributed by atoms with Crippen LogP contribution in [0, 0.1) is 0 Å². The minimum atomic E-state index is -3.79. The van der Waals surface area contributed by atoms with Gasteiger partial charge < -0.3 is 24.3 Å². The molecule has 1 aromatic heterocycles. The number of anilines is 1. The largest absolute Gasteiger partial charge is 0.487 e. The van der Waals surface area contributed by atoms with Gasteiger partial charge in [-0.2, -0.15) is 4.98 Å². The molecule has 1 fully saturated rings. The van der Waals surface area contributed by atoms with Crippen molar-refractivity contribution in [1.82, 2.24) is 9.88 Å². The number of nitrogens with zero attached hydrogens (tertiary/aromatic N) is 2. The highest BCUT2D eigenvalue weighted by atomic mass is 32.2. The lowest BCUT2D eigenvalue weighted by Crippen LogP contribution is -2.38. The first-order valence-electron chi connectivity index (χ1n) is 11.7. The van der Waals surface area contributed by atoms with Crippen LogP contribution in [-0.2, 0) is 16.6 Å². The number of benzene rings is 2. The Balaban J connectivity index is 1.34. The van der Waals surface area contributed by atoms with Crippen LogP contribution in [0.5, 0.6) is 11.5 Å². The molecule has 2 aromatic carbocycles. The maximum absolute atomic E-state index is 11.6. The molecule has 1 aliphatic rings. The number of aliphatic hydroxyl groups is 1. The zero-order valence-corrected chi connectivity index (χ0v) is 20.8. The zero-order valence-electron chi connectivity index (χ0n) is 19.9. The number of nitrogens with one attached hydrogen (secondary N) is 1. The van der Waals surface area contributed by atoms with Crippen molar-refractivity contribution in [2.45, 2.75) is 50.3 Å². The van der Waals surface area contributed by atoms with Crippen LogP contribution in [0.25, 0.3) is 11.1 Å². The van der Waals surface area contributed by atoms with Crippen molar-refractivity contribution in [3.8, 4) is 11.5 Å². The molecule has 10 nitrogen and oxygen atoms in total. The summed E-state index contributed by atoms with van der Waals surface area (Å²) in [7, 11) is -3.79. The number of rotatable bonds is 10. The highest BCUT2D eigenvalue weighted by Gasteiger charge is 2.22. The molecule has 2 heterocycles. The average Bonchev–Trinajstić information content (AvgIpc) is 3.21. The molecule has 1 aliphatic heterocycles. The van der Waals surface area contributed by atoms with Crippen molar-refractivity contribution in [3.05, 3.63) is 42.0 Å². The molecule has 1 saturated heterocycles. The SMILES string of the molecule is CC(C)Oc1ccc(CN2CCC(Nc3nc4cc(S(N)(=O)=O)ccc4o3)CC2)cc1OCCO. The molecule has 0 spiro atoms. The molecule has 3 aromatic rings. The monoisotopic (exact) mass is 504 g/mol. The van der Waals surface area contributed by atoms with Crippen LogP contribution in [0.2, 0.25) is 0 Å². The van der Waals surface area contributed by atoms with Crippen molar-refractivity contribution in [1.29, 1.82) is 0 Å². The van der Waals surface area contributed by atoms with Gasteiger partial charge >= 0.3 is 0 Å². The maximum atomic E-state index is 11.6. The van der Waals surface area contributed by atoms with E-state index < -0.39 is 10.0 Å². The van der Waals surface area contributed by atoms with E-state index in [0.717, 1.165) is 38.0 Å². The van der Waals surface area contributed by atoms with E-state index in [1.165, 1.54) is 12.1 Å². The second kappa shape index (κ2) is 10.8. The van der Waals surface area contributed by atoms with Crippen molar-refractivity contribution in [3.63, 3.8) is 0 Å². The van der Waals surface area contributed by atoms with Crippen LogP contribution in [0.4, 0.5) is 6.01 Å². The number of hydrogen-bond acceptors (Lipinski definition) is 9. The summed E-state index contributed by atoms with van der Waals surface area (Å²) < 4.78 is 40.4. The first-order chi connectivity index (χ1) is 16.7. The zero-order chi connectivity index (χ0) is 25.0. The van der Waals surface area contributed by atoms with Gasteiger partial charge in [-0.3, -0.25) is 4.90 Å². The second-order valence-electron chi connectivity index (χ2n) is 8.91. The van der Waals surface area contributed by atoms with Gasteiger partial charge in [0.05, 0.1) is 17.6 Å². The summed E-state index contributed by atoms with van der Waals surface area (Å²) in [5, 5.41) is 17.7. The Morgan fingerprint density at radius 2 is 1.97 bits per heavy atom. The normalized spacial score (nSPS) is 15.6. The lowest BCUT2D eigenvalue weighted by molar-refractivity contribution is 0.183. The number of nitrogens with two attached hydrogens (primary N) is 1. The quantitative estimate of drug-likeness (QED) is 0.380. The third kappa shape index (κ3) is 6.63. The van der Waals surface area contributed by atoms with Gasteiger partial charge in [0.2, 0.25) is 10.0 Å². The van der Waals surface area contributed by atoms with Crippen LogP contribution in [0.15, 0.2) is 45.7 Å². The number of aromatic nitrogens is 1. The van der Waals surface area contributed by atoms with E-state index in [4.69, 9.17) is 24.1 Å². The predicted octanol–water partition coefficient (Wildman–Crippen LogP) is 2.71. The van der Waals surface area contributed by atoms with Crippen molar-refractivity contribution >= 4 is 27.1 Å². The molecule has 0 unspecified atom stereocenters. The first-order valence-corrected chi connectivity index (χ1v) is 13.2. The van der Waals surface area contributed by atoms with Crippen LogP contribution >= 0.6 is 0 Å². The van der Waals surface area contributed by atoms with E-state index >= 15 is 0 Å². The molecule has 0 atom stereocenters. The molecule has 190 valence electrons. The first kappa shape index (κ1) is 25.2. The number of hydrogen-bond donors (Lipinski definition) is 3. The van der Waals surface area contributed by atoms with Gasteiger partial charge in [0.25, 0.3) is 6.01 Å². The lowest BCUT2D eigenvalue weighted by atomic mass is 10.0. The van der Waals surface area contributed by atoms with Gasteiger partial charge in [0.1, 0.15) is 12.1 Å². The molecule has 11 heteroatoms. The molecular weight excluding hydrogens is 472 g/mol. The lowest BCUT2D eigenvalue weighted by Gasteiger charge is -2.32. The fourth-order valence-electron chi connectivity index (χ4n) is 4.08. The summed E-state index contributed by atoms with van der Waals surface area (Å²) in [5.74, 6) is 1.32. The Morgan fingerprint density at radius 3 is 2.66 bits per heavy atom. The molecule has 0 amide bonds. The number of fused-ring (bicyclic) bond motifs is 1. The average molecular weight is 505 g/mol. The number of sulfonamides is 1. The van der Waals surface area contributed by atoms with Crippen LogP contribution < -0.4 is 19.9 Å². The smallest absolute Gasteiger partial charge is 0.295 e. The number of primary sulfonamides is 1. The van der Waals surface area contributed by atoms with Gasteiger partial charge in [0, 0.05) is 25.7 Å². The van der Waals surface area contributed by atoms with Crippen molar-refractivity contribution in [2.75, 3.05) is 31.6 Å². The number of ether oxygens (including phenoxy) is 2. The van der Waals surface area contributed by atoms with E-state index in [1.54, 1.807) is 6.07 Å². The summed E-state index contributed by atoms with van der Waals surface area (Å²) in [4.78, 5) is 6.75.